The van der Waals surface area contributed by atoms with Crippen molar-refractivity contribution < 1.29 is 33.8 Å². The van der Waals surface area contributed by atoms with Gasteiger partial charge in [-0.3, -0.25) is 14.4 Å². The van der Waals surface area contributed by atoms with Gasteiger partial charge in [0, 0.05) is 18.9 Å². The molecule has 2 amide bonds. The fourth-order valence-electron chi connectivity index (χ4n) is 2.84. The molecule has 0 heterocycles. The van der Waals surface area contributed by atoms with E-state index in [1.807, 2.05) is 6.07 Å². The SMILES string of the molecule is C=CCCC(=O)OCC(NC(=O)C(CC=C)CC(=O)NC(C)CO)C(=O)OCc1ccccc1. The van der Waals surface area contributed by atoms with Gasteiger partial charge in [-0.15, -0.1) is 13.2 Å². The first-order valence-corrected chi connectivity index (χ1v) is 11.1. The Kier molecular flexibility index (Phi) is 13.6. The first kappa shape index (κ1) is 28.6. The highest BCUT2D eigenvalue weighted by Gasteiger charge is 2.29. The van der Waals surface area contributed by atoms with Crippen LogP contribution in [0.2, 0.25) is 0 Å². The molecule has 1 rings (SSSR count). The number of amides is 2. The number of benzene rings is 1. The van der Waals surface area contributed by atoms with Crippen molar-refractivity contribution in [3.8, 4) is 0 Å². The van der Waals surface area contributed by atoms with Crippen LogP contribution in [0.15, 0.2) is 55.6 Å². The second-order valence-corrected chi connectivity index (χ2v) is 7.74. The highest BCUT2D eigenvalue weighted by molar-refractivity contribution is 5.89. The summed E-state index contributed by atoms with van der Waals surface area (Å²) in [5, 5.41) is 14.2. The number of aliphatic hydroxyl groups excluding tert-OH is 1. The monoisotopic (exact) mass is 474 g/mol. The zero-order valence-electron chi connectivity index (χ0n) is 19.5. The Balaban J connectivity index is 2.85. The number of rotatable bonds is 16. The van der Waals surface area contributed by atoms with E-state index in [-0.39, 0.29) is 32.5 Å². The number of esters is 2. The highest BCUT2D eigenvalue weighted by atomic mass is 16.6. The van der Waals surface area contributed by atoms with Gasteiger partial charge in [0.15, 0.2) is 6.04 Å². The van der Waals surface area contributed by atoms with Gasteiger partial charge in [0.25, 0.3) is 0 Å². The second-order valence-electron chi connectivity index (χ2n) is 7.74. The number of allylic oxidation sites excluding steroid dienone is 2. The summed E-state index contributed by atoms with van der Waals surface area (Å²) in [6, 6.07) is 7.27. The Morgan fingerprint density at radius 3 is 2.38 bits per heavy atom. The predicted octanol–water partition coefficient (Wildman–Crippen LogP) is 1.80. The number of ether oxygens (including phenoxy) is 2. The smallest absolute Gasteiger partial charge is 0.332 e. The zero-order valence-corrected chi connectivity index (χ0v) is 19.5. The summed E-state index contributed by atoms with van der Waals surface area (Å²) in [4.78, 5) is 49.7. The van der Waals surface area contributed by atoms with E-state index in [0.717, 1.165) is 5.56 Å². The minimum Gasteiger partial charge on any atom is -0.463 e. The molecule has 9 nitrogen and oxygen atoms in total. The average molecular weight is 475 g/mol. The molecule has 186 valence electrons. The van der Waals surface area contributed by atoms with Gasteiger partial charge < -0.3 is 25.2 Å². The van der Waals surface area contributed by atoms with Gasteiger partial charge >= 0.3 is 11.9 Å². The van der Waals surface area contributed by atoms with Crippen molar-refractivity contribution >= 4 is 23.8 Å². The molecule has 3 atom stereocenters. The number of nitrogens with one attached hydrogen (secondary N) is 2. The molecular formula is C25H34N2O7. The molecule has 0 saturated heterocycles. The zero-order chi connectivity index (χ0) is 25.3. The lowest BCUT2D eigenvalue weighted by Crippen LogP contribution is -2.48. The molecule has 3 N–H and O–H groups in total. The van der Waals surface area contributed by atoms with Gasteiger partial charge in [0.1, 0.15) is 13.2 Å². The van der Waals surface area contributed by atoms with E-state index >= 15 is 0 Å². The summed E-state index contributed by atoms with van der Waals surface area (Å²) in [5.74, 6) is -3.15. The third-order valence-electron chi connectivity index (χ3n) is 4.72. The third-order valence-corrected chi connectivity index (χ3v) is 4.72. The van der Waals surface area contributed by atoms with Crippen molar-refractivity contribution in [2.24, 2.45) is 5.92 Å². The molecule has 3 unspecified atom stereocenters. The van der Waals surface area contributed by atoms with Gasteiger partial charge in [0.2, 0.25) is 11.8 Å². The Bertz CT molecular complexity index is 826. The van der Waals surface area contributed by atoms with E-state index in [2.05, 4.69) is 23.8 Å². The van der Waals surface area contributed by atoms with Crippen molar-refractivity contribution in [1.29, 1.82) is 0 Å². The molecule has 0 fully saturated rings. The number of hydrogen-bond acceptors (Lipinski definition) is 7. The number of carbonyl (C=O) groups is 4. The fraction of sp³-hybridized carbons (Fsp3) is 0.440. The van der Waals surface area contributed by atoms with E-state index < -0.39 is 48.4 Å². The molecule has 1 aromatic carbocycles. The summed E-state index contributed by atoms with van der Waals surface area (Å²) >= 11 is 0. The van der Waals surface area contributed by atoms with Crippen LogP contribution in [0.3, 0.4) is 0 Å². The minimum atomic E-state index is -1.25. The second kappa shape index (κ2) is 16.2. The Labute approximate surface area is 200 Å². The van der Waals surface area contributed by atoms with Crippen LogP contribution in [0, 0.1) is 5.92 Å². The van der Waals surface area contributed by atoms with E-state index in [1.165, 1.54) is 6.08 Å². The van der Waals surface area contributed by atoms with Gasteiger partial charge in [-0.2, -0.15) is 0 Å². The largest absolute Gasteiger partial charge is 0.463 e. The molecule has 0 saturated carbocycles. The molecular weight excluding hydrogens is 440 g/mol. The van der Waals surface area contributed by atoms with Crippen molar-refractivity contribution in [2.75, 3.05) is 13.2 Å². The average Bonchev–Trinajstić information content (AvgIpc) is 2.83. The summed E-state index contributed by atoms with van der Waals surface area (Å²) in [6.07, 6.45) is 3.57. The van der Waals surface area contributed by atoms with Crippen LogP contribution in [-0.2, 0) is 35.3 Å². The van der Waals surface area contributed by atoms with Gasteiger partial charge in [0.05, 0.1) is 12.5 Å². The Morgan fingerprint density at radius 2 is 1.76 bits per heavy atom. The first-order chi connectivity index (χ1) is 16.3. The predicted molar refractivity (Wildman–Crippen MR) is 126 cm³/mol. The standard InChI is InChI=1S/C25H34N2O7/c1-4-6-13-23(30)33-17-21(25(32)34-16-19-11-8-7-9-12-19)27-24(31)20(10-5-2)14-22(29)26-18(3)15-28/h4-5,7-9,11-12,18,20-21,28H,1-2,6,10,13-17H2,3H3,(H,26,29)(H,27,31). The summed E-state index contributed by atoms with van der Waals surface area (Å²) in [5.41, 5.74) is 0.753. The molecule has 0 radical (unpaired) electrons. The molecule has 0 spiro atoms. The lowest BCUT2D eigenvalue weighted by atomic mass is 9.99. The van der Waals surface area contributed by atoms with E-state index in [1.54, 1.807) is 37.3 Å². The topological polar surface area (TPSA) is 131 Å². The molecule has 0 aliphatic rings. The Hall–Kier alpha value is -3.46. The van der Waals surface area contributed by atoms with E-state index in [9.17, 15) is 19.2 Å². The summed E-state index contributed by atoms with van der Waals surface area (Å²) < 4.78 is 10.4. The lowest BCUT2D eigenvalue weighted by molar-refractivity contribution is -0.155. The molecule has 0 bridgehead atoms. The van der Waals surface area contributed by atoms with E-state index in [0.29, 0.717) is 6.42 Å². The molecule has 0 aromatic heterocycles. The molecule has 9 heteroatoms. The van der Waals surface area contributed by atoms with Crippen molar-refractivity contribution in [2.45, 2.75) is 51.3 Å². The van der Waals surface area contributed by atoms with Crippen molar-refractivity contribution in [1.82, 2.24) is 10.6 Å². The van der Waals surface area contributed by atoms with Crippen LogP contribution in [0.4, 0.5) is 0 Å². The molecule has 34 heavy (non-hydrogen) atoms. The summed E-state index contributed by atoms with van der Waals surface area (Å²) in [7, 11) is 0. The normalized spacial score (nSPS) is 13.0. The molecule has 0 aliphatic heterocycles. The van der Waals surface area contributed by atoms with Crippen LogP contribution >= 0.6 is 0 Å². The number of hydrogen-bond donors (Lipinski definition) is 3. The molecule has 1 aromatic rings. The quantitative estimate of drug-likeness (QED) is 0.246. The highest BCUT2D eigenvalue weighted by Crippen LogP contribution is 2.12. The van der Waals surface area contributed by atoms with Crippen LogP contribution in [-0.4, -0.2) is 54.2 Å². The number of carbonyl (C=O) groups excluding carboxylic acids is 4. The van der Waals surface area contributed by atoms with Crippen LogP contribution in [0.5, 0.6) is 0 Å². The van der Waals surface area contributed by atoms with Crippen LogP contribution in [0.1, 0.15) is 38.2 Å². The minimum absolute atomic E-state index is 0.0198. The van der Waals surface area contributed by atoms with Crippen molar-refractivity contribution in [3.05, 3.63) is 61.2 Å². The van der Waals surface area contributed by atoms with Gasteiger partial charge in [-0.05, 0) is 25.3 Å². The molecule has 0 aliphatic carbocycles. The summed E-state index contributed by atoms with van der Waals surface area (Å²) in [6.45, 7) is 8.10. The van der Waals surface area contributed by atoms with Crippen molar-refractivity contribution in [3.63, 3.8) is 0 Å². The van der Waals surface area contributed by atoms with Crippen LogP contribution < -0.4 is 10.6 Å². The maximum Gasteiger partial charge on any atom is 0.332 e. The number of aliphatic hydroxyl groups is 1. The lowest BCUT2D eigenvalue weighted by Gasteiger charge is -2.21. The maximum atomic E-state index is 12.9. The third kappa shape index (κ3) is 11.4. The Morgan fingerprint density at radius 1 is 1.06 bits per heavy atom. The van der Waals surface area contributed by atoms with Crippen LogP contribution in [0.25, 0.3) is 0 Å². The van der Waals surface area contributed by atoms with Gasteiger partial charge in [-0.25, -0.2) is 4.79 Å². The maximum absolute atomic E-state index is 12.9. The fourth-order valence-corrected chi connectivity index (χ4v) is 2.84. The first-order valence-electron chi connectivity index (χ1n) is 11.1. The van der Waals surface area contributed by atoms with Gasteiger partial charge in [-0.1, -0.05) is 42.5 Å². The van der Waals surface area contributed by atoms with E-state index in [4.69, 9.17) is 14.6 Å².